The van der Waals surface area contributed by atoms with Crippen molar-refractivity contribution in [2.45, 2.75) is 51.9 Å². The second-order valence-electron chi connectivity index (χ2n) is 7.46. The molecule has 8 heteroatoms. The molecule has 0 fully saturated rings. The SMILES string of the molecule is CCn1c(COc2ccc(C(C)C)cc2)nnc1SCC(=O)Nc1ccc(Br)c(C)c1. The quantitative estimate of drug-likeness (QED) is 0.374. The number of rotatable bonds is 9. The Bertz CT molecular complexity index is 1030. The lowest BCUT2D eigenvalue weighted by molar-refractivity contribution is -0.113. The van der Waals surface area contributed by atoms with E-state index in [1.54, 1.807) is 0 Å². The van der Waals surface area contributed by atoms with Gasteiger partial charge < -0.3 is 14.6 Å². The van der Waals surface area contributed by atoms with Gasteiger partial charge in [-0.25, -0.2) is 0 Å². The molecule has 0 aliphatic heterocycles. The summed E-state index contributed by atoms with van der Waals surface area (Å²) >= 11 is 4.83. The summed E-state index contributed by atoms with van der Waals surface area (Å²) in [5, 5.41) is 12.1. The third kappa shape index (κ3) is 6.33. The number of hydrogen-bond acceptors (Lipinski definition) is 5. The fourth-order valence-corrected chi connectivity index (χ4v) is 4.06. The number of anilines is 1. The van der Waals surface area contributed by atoms with Crippen LogP contribution in [0.5, 0.6) is 5.75 Å². The molecule has 31 heavy (non-hydrogen) atoms. The average molecular weight is 503 g/mol. The van der Waals surface area contributed by atoms with Crippen molar-refractivity contribution in [2.24, 2.45) is 0 Å². The summed E-state index contributed by atoms with van der Waals surface area (Å²) in [7, 11) is 0. The molecular weight excluding hydrogens is 476 g/mol. The fourth-order valence-electron chi connectivity index (χ4n) is 3.00. The smallest absolute Gasteiger partial charge is 0.234 e. The second kappa shape index (κ2) is 10.8. The molecule has 3 rings (SSSR count). The Morgan fingerprint density at radius 2 is 1.94 bits per heavy atom. The summed E-state index contributed by atoms with van der Waals surface area (Å²) in [4.78, 5) is 12.3. The number of amides is 1. The predicted molar refractivity (Wildman–Crippen MR) is 129 cm³/mol. The van der Waals surface area contributed by atoms with Crippen LogP contribution in [0.2, 0.25) is 0 Å². The summed E-state index contributed by atoms with van der Waals surface area (Å²) in [6.45, 7) is 9.37. The number of halogens is 1. The molecule has 0 spiro atoms. The van der Waals surface area contributed by atoms with E-state index in [-0.39, 0.29) is 11.7 Å². The van der Waals surface area contributed by atoms with Gasteiger partial charge in [0.2, 0.25) is 5.91 Å². The molecule has 3 aromatic rings. The van der Waals surface area contributed by atoms with E-state index in [9.17, 15) is 4.79 Å². The van der Waals surface area contributed by atoms with Crippen LogP contribution in [0.25, 0.3) is 0 Å². The van der Waals surface area contributed by atoms with Gasteiger partial charge in [0.05, 0.1) is 5.75 Å². The van der Waals surface area contributed by atoms with Crippen molar-refractivity contribution in [1.82, 2.24) is 14.8 Å². The first-order valence-electron chi connectivity index (χ1n) is 10.2. The van der Waals surface area contributed by atoms with Gasteiger partial charge in [-0.05, 0) is 61.2 Å². The minimum absolute atomic E-state index is 0.0829. The largest absolute Gasteiger partial charge is 0.486 e. The number of nitrogens with zero attached hydrogens (tertiary/aromatic N) is 3. The lowest BCUT2D eigenvalue weighted by atomic mass is 10.0. The standard InChI is InChI=1S/C23H27BrN4O2S/c1-5-28-21(13-30-19-9-6-17(7-10-19)15(2)3)26-27-23(28)31-14-22(29)25-18-8-11-20(24)16(4)12-18/h6-12,15H,5,13-14H2,1-4H3,(H,25,29). The molecule has 1 aromatic heterocycles. The first-order valence-corrected chi connectivity index (χ1v) is 12.0. The minimum Gasteiger partial charge on any atom is -0.486 e. The molecule has 0 saturated carbocycles. The van der Waals surface area contributed by atoms with E-state index in [1.165, 1.54) is 17.3 Å². The van der Waals surface area contributed by atoms with Crippen molar-refractivity contribution in [3.05, 3.63) is 63.9 Å². The van der Waals surface area contributed by atoms with Gasteiger partial charge in [0.15, 0.2) is 11.0 Å². The van der Waals surface area contributed by atoms with Crippen molar-refractivity contribution >= 4 is 39.3 Å². The summed E-state index contributed by atoms with van der Waals surface area (Å²) in [5.41, 5.74) is 3.12. The van der Waals surface area contributed by atoms with E-state index in [4.69, 9.17) is 4.74 Å². The number of carbonyl (C=O) groups excluding carboxylic acids is 1. The normalized spacial score (nSPS) is 11.0. The van der Waals surface area contributed by atoms with Crippen molar-refractivity contribution < 1.29 is 9.53 Å². The molecule has 0 radical (unpaired) electrons. The van der Waals surface area contributed by atoms with Gasteiger partial charge in [-0.15, -0.1) is 10.2 Å². The van der Waals surface area contributed by atoms with Gasteiger partial charge in [0.25, 0.3) is 0 Å². The van der Waals surface area contributed by atoms with Gasteiger partial charge in [0.1, 0.15) is 12.4 Å². The third-order valence-electron chi connectivity index (χ3n) is 4.80. The van der Waals surface area contributed by atoms with Gasteiger partial charge in [-0.2, -0.15) is 0 Å². The van der Waals surface area contributed by atoms with Crippen LogP contribution >= 0.6 is 27.7 Å². The van der Waals surface area contributed by atoms with E-state index in [0.717, 1.165) is 27.3 Å². The number of carbonyl (C=O) groups is 1. The lowest BCUT2D eigenvalue weighted by Crippen LogP contribution is -2.15. The van der Waals surface area contributed by atoms with Gasteiger partial charge in [-0.1, -0.05) is 53.7 Å². The molecule has 2 aromatic carbocycles. The summed E-state index contributed by atoms with van der Waals surface area (Å²) < 4.78 is 8.88. The Morgan fingerprint density at radius 1 is 1.19 bits per heavy atom. The number of aryl methyl sites for hydroxylation is 1. The zero-order valence-corrected chi connectivity index (χ0v) is 20.6. The molecular formula is C23H27BrN4O2S. The highest BCUT2D eigenvalue weighted by atomic mass is 79.9. The van der Waals surface area contributed by atoms with E-state index in [0.29, 0.717) is 24.2 Å². The van der Waals surface area contributed by atoms with Crippen LogP contribution in [0.1, 0.15) is 43.6 Å². The minimum atomic E-state index is -0.0829. The van der Waals surface area contributed by atoms with E-state index >= 15 is 0 Å². The number of nitrogens with one attached hydrogen (secondary N) is 1. The summed E-state index contributed by atoms with van der Waals surface area (Å²) in [5.74, 6) is 2.20. The zero-order valence-electron chi connectivity index (χ0n) is 18.2. The molecule has 1 N–H and O–H groups in total. The maximum atomic E-state index is 12.3. The first kappa shape index (κ1) is 23.3. The number of benzene rings is 2. The second-order valence-corrected chi connectivity index (χ2v) is 9.25. The van der Waals surface area contributed by atoms with Crippen molar-refractivity contribution in [1.29, 1.82) is 0 Å². The highest BCUT2D eigenvalue weighted by molar-refractivity contribution is 9.10. The van der Waals surface area contributed by atoms with Crippen LogP contribution in [0.3, 0.4) is 0 Å². The third-order valence-corrected chi connectivity index (χ3v) is 6.65. The molecule has 0 atom stereocenters. The highest BCUT2D eigenvalue weighted by Crippen LogP contribution is 2.23. The van der Waals surface area contributed by atoms with Crippen LogP contribution < -0.4 is 10.1 Å². The molecule has 1 amide bonds. The Kier molecular flexibility index (Phi) is 8.15. The Morgan fingerprint density at radius 3 is 2.58 bits per heavy atom. The molecule has 0 aliphatic rings. The van der Waals surface area contributed by atoms with E-state index in [1.807, 2.05) is 48.7 Å². The Hall–Kier alpha value is -2.32. The topological polar surface area (TPSA) is 69.0 Å². The van der Waals surface area contributed by atoms with Gasteiger partial charge in [-0.3, -0.25) is 4.79 Å². The molecule has 0 saturated heterocycles. The maximum absolute atomic E-state index is 12.3. The van der Waals surface area contributed by atoms with Crippen LogP contribution in [0, 0.1) is 6.92 Å². The van der Waals surface area contributed by atoms with Gasteiger partial charge in [0, 0.05) is 16.7 Å². The van der Waals surface area contributed by atoms with Crippen LogP contribution in [-0.2, 0) is 17.9 Å². The lowest BCUT2D eigenvalue weighted by Gasteiger charge is -2.10. The van der Waals surface area contributed by atoms with E-state index in [2.05, 4.69) is 57.4 Å². The molecule has 164 valence electrons. The number of aromatic nitrogens is 3. The van der Waals surface area contributed by atoms with Crippen LogP contribution in [-0.4, -0.2) is 26.4 Å². The number of ether oxygens (including phenoxy) is 1. The predicted octanol–water partition coefficient (Wildman–Crippen LogP) is 5.80. The van der Waals surface area contributed by atoms with Crippen molar-refractivity contribution in [3.63, 3.8) is 0 Å². The average Bonchev–Trinajstić information content (AvgIpc) is 3.15. The zero-order chi connectivity index (χ0) is 22.4. The fraction of sp³-hybridized carbons (Fsp3) is 0.348. The first-order chi connectivity index (χ1) is 14.9. The number of thioether (sulfide) groups is 1. The van der Waals surface area contributed by atoms with Crippen LogP contribution in [0.4, 0.5) is 5.69 Å². The summed E-state index contributed by atoms with van der Waals surface area (Å²) in [6.07, 6.45) is 0. The molecule has 0 aliphatic carbocycles. The Balaban J connectivity index is 1.56. The van der Waals surface area contributed by atoms with Crippen molar-refractivity contribution in [3.8, 4) is 5.75 Å². The van der Waals surface area contributed by atoms with E-state index < -0.39 is 0 Å². The number of hydrogen-bond donors (Lipinski definition) is 1. The molecule has 1 heterocycles. The Labute approximate surface area is 195 Å². The maximum Gasteiger partial charge on any atom is 0.234 e. The van der Waals surface area contributed by atoms with Crippen LogP contribution in [0.15, 0.2) is 52.1 Å². The molecule has 0 bridgehead atoms. The molecule has 0 unspecified atom stereocenters. The summed E-state index contributed by atoms with van der Waals surface area (Å²) in [6, 6.07) is 13.8. The van der Waals surface area contributed by atoms with Crippen molar-refractivity contribution in [2.75, 3.05) is 11.1 Å². The molecule has 6 nitrogen and oxygen atoms in total. The van der Waals surface area contributed by atoms with Gasteiger partial charge >= 0.3 is 0 Å². The monoisotopic (exact) mass is 502 g/mol. The highest BCUT2D eigenvalue weighted by Gasteiger charge is 2.14.